The molecule has 26 heavy (non-hydrogen) atoms. The lowest BCUT2D eigenvalue weighted by Gasteiger charge is -2.06. The molecule has 0 atom stereocenters. The third-order valence-electron chi connectivity index (χ3n) is 4.88. The molecule has 0 spiro atoms. The molecule has 2 aromatic carbocycles. The van der Waals surface area contributed by atoms with E-state index in [1.807, 2.05) is 12.1 Å². The Balaban J connectivity index is 1.67. The number of fused-ring (bicyclic) bond motifs is 1. The number of aryl methyl sites for hydroxylation is 1. The van der Waals surface area contributed by atoms with Gasteiger partial charge in [0.2, 0.25) is 0 Å². The summed E-state index contributed by atoms with van der Waals surface area (Å²) in [5, 5.41) is 2.13. The van der Waals surface area contributed by atoms with Crippen LogP contribution >= 0.6 is 0 Å². The number of hydrogen-bond acceptors (Lipinski definition) is 3. The van der Waals surface area contributed by atoms with Crippen LogP contribution in [-0.4, -0.2) is 8.42 Å². The van der Waals surface area contributed by atoms with E-state index < -0.39 is 11.0 Å². The van der Waals surface area contributed by atoms with Crippen LogP contribution in [0.25, 0.3) is 10.8 Å². The zero-order valence-corrected chi connectivity index (χ0v) is 16.8. The molecule has 4 heteroatoms. The molecule has 0 N–H and O–H groups in total. The first kappa shape index (κ1) is 20.8. The van der Waals surface area contributed by atoms with Crippen LogP contribution in [0.2, 0.25) is 0 Å². The smallest absolute Gasteiger partial charge is 0.299 e. The summed E-state index contributed by atoms with van der Waals surface area (Å²) in [4.78, 5) is 0. The molecule has 3 nitrogen and oxygen atoms in total. The van der Waals surface area contributed by atoms with Crippen LogP contribution < -0.4 is 4.18 Å². The zero-order valence-electron chi connectivity index (χ0n) is 15.9. The van der Waals surface area contributed by atoms with Crippen molar-refractivity contribution in [1.82, 2.24) is 0 Å². The second-order valence-electron chi connectivity index (χ2n) is 7.09. The van der Waals surface area contributed by atoms with Crippen molar-refractivity contribution < 1.29 is 12.6 Å². The monoisotopic (exact) mass is 376 g/mol. The standard InChI is InChI=1S/C22H32O3S/c1-2-3-4-5-6-7-8-9-10-11-12-19-13-14-21-18-22(25-26(23)24)16-15-20(21)17-19/h13-18,26H,2-12H2,1H3. The summed E-state index contributed by atoms with van der Waals surface area (Å²) < 4.78 is 26.0. The number of thiol groups is 1. The summed E-state index contributed by atoms with van der Waals surface area (Å²) in [6.07, 6.45) is 14.7. The minimum atomic E-state index is -2.86. The first-order chi connectivity index (χ1) is 12.7. The van der Waals surface area contributed by atoms with Gasteiger partial charge in [-0.1, -0.05) is 89.0 Å². The van der Waals surface area contributed by atoms with Gasteiger partial charge in [0.15, 0.2) is 0 Å². The van der Waals surface area contributed by atoms with E-state index >= 15 is 0 Å². The number of hydrogen-bond donors (Lipinski definition) is 1. The summed E-state index contributed by atoms with van der Waals surface area (Å²) in [6, 6.07) is 11.8. The highest BCUT2D eigenvalue weighted by molar-refractivity contribution is 7.67. The van der Waals surface area contributed by atoms with Gasteiger partial charge in [0.1, 0.15) is 5.75 Å². The summed E-state index contributed by atoms with van der Waals surface area (Å²) in [7, 11) is -2.86. The fraction of sp³-hybridized carbons (Fsp3) is 0.545. The first-order valence-electron chi connectivity index (χ1n) is 10.0. The highest BCUT2D eigenvalue weighted by Crippen LogP contribution is 2.23. The molecule has 0 bridgehead atoms. The zero-order chi connectivity index (χ0) is 18.6. The topological polar surface area (TPSA) is 43.4 Å². The van der Waals surface area contributed by atoms with E-state index in [1.165, 1.54) is 69.8 Å². The molecule has 0 radical (unpaired) electrons. The Morgan fingerprint density at radius 2 is 1.31 bits per heavy atom. The van der Waals surface area contributed by atoms with E-state index in [4.69, 9.17) is 4.18 Å². The Morgan fingerprint density at radius 3 is 1.96 bits per heavy atom. The Kier molecular flexibility index (Phi) is 9.54. The van der Waals surface area contributed by atoms with E-state index in [1.54, 1.807) is 12.1 Å². The average molecular weight is 377 g/mol. The Hall–Kier alpha value is -1.55. The largest absolute Gasteiger partial charge is 0.384 e. The van der Waals surface area contributed by atoms with Crippen LogP contribution in [0.5, 0.6) is 5.75 Å². The van der Waals surface area contributed by atoms with Crippen LogP contribution in [0.1, 0.15) is 76.7 Å². The number of unbranched alkanes of at least 4 members (excludes halogenated alkanes) is 9. The molecule has 0 amide bonds. The predicted molar refractivity (Wildman–Crippen MR) is 110 cm³/mol. The lowest BCUT2D eigenvalue weighted by atomic mass is 10.0. The molecular formula is C22H32O3S. The van der Waals surface area contributed by atoms with Crippen molar-refractivity contribution in [2.24, 2.45) is 0 Å². The fourth-order valence-electron chi connectivity index (χ4n) is 3.39. The molecule has 0 aliphatic carbocycles. The lowest BCUT2D eigenvalue weighted by molar-refractivity contribution is 0.511. The van der Waals surface area contributed by atoms with Crippen molar-refractivity contribution in [3.05, 3.63) is 42.0 Å². The van der Waals surface area contributed by atoms with E-state index in [9.17, 15) is 8.42 Å². The summed E-state index contributed by atoms with van der Waals surface area (Å²) in [5.74, 6) is 0.371. The van der Waals surface area contributed by atoms with E-state index in [2.05, 4.69) is 19.1 Å². The highest BCUT2D eigenvalue weighted by atomic mass is 32.2. The Bertz CT molecular complexity index is 729. The molecule has 0 unspecified atom stereocenters. The van der Waals surface area contributed by atoms with E-state index in [-0.39, 0.29) is 0 Å². The quantitative estimate of drug-likeness (QED) is 0.334. The molecule has 0 heterocycles. The Labute approximate surface area is 159 Å². The van der Waals surface area contributed by atoms with Crippen molar-refractivity contribution in [3.63, 3.8) is 0 Å². The lowest BCUT2D eigenvalue weighted by Crippen LogP contribution is -1.90. The van der Waals surface area contributed by atoms with Gasteiger partial charge in [0, 0.05) is 0 Å². The maximum atomic E-state index is 10.6. The molecule has 2 aromatic rings. The van der Waals surface area contributed by atoms with Crippen molar-refractivity contribution in [2.75, 3.05) is 0 Å². The van der Waals surface area contributed by atoms with Crippen LogP contribution in [0.3, 0.4) is 0 Å². The van der Waals surface area contributed by atoms with Gasteiger partial charge >= 0.3 is 0 Å². The van der Waals surface area contributed by atoms with Gasteiger partial charge < -0.3 is 4.18 Å². The summed E-state index contributed by atoms with van der Waals surface area (Å²) >= 11 is 0. The SMILES string of the molecule is CCCCCCCCCCCCc1ccc2cc(O[SH](=O)=O)ccc2c1. The highest BCUT2D eigenvalue weighted by Gasteiger charge is 2.01. The molecule has 0 saturated carbocycles. The second kappa shape index (κ2) is 11.9. The molecule has 144 valence electrons. The molecule has 0 fully saturated rings. The summed E-state index contributed by atoms with van der Waals surface area (Å²) in [5.41, 5.74) is 1.35. The first-order valence-corrected chi connectivity index (χ1v) is 11.1. The maximum absolute atomic E-state index is 10.6. The maximum Gasteiger partial charge on any atom is 0.299 e. The van der Waals surface area contributed by atoms with Gasteiger partial charge in [-0.2, -0.15) is 8.42 Å². The van der Waals surface area contributed by atoms with Crippen molar-refractivity contribution in [2.45, 2.75) is 77.6 Å². The van der Waals surface area contributed by atoms with Gasteiger partial charge in [-0.05, 0) is 41.3 Å². The van der Waals surface area contributed by atoms with E-state index in [0.29, 0.717) is 5.75 Å². The minimum Gasteiger partial charge on any atom is -0.384 e. The molecule has 0 aliphatic heterocycles. The van der Waals surface area contributed by atoms with Crippen LogP contribution in [-0.2, 0) is 17.4 Å². The van der Waals surface area contributed by atoms with Crippen molar-refractivity contribution in [1.29, 1.82) is 0 Å². The van der Waals surface area contributed by atoms with Gasteiger partial charge in [0.05, 0.1) is 0 Å². The van der Waals surface area contributed by atoms with Crippen molar-refractivity contribution in [3.8, 4) is 5.75 Å². The molecule has 0 saturated heterocycles. The third-order valence-corrected chi connectivity index (χ3v) is 5.23. The normalized spacial score (nSPS) is 11.3. The third kappa shape index (κ3) is 7.77. The van der Waals surface area contributed by atoms with Crippen LogP contribution in [0.15, 0.2) is 36.4 Å². The molecule has 2 rings (SSSR count). The van der Waals surface area contributed by atoms with Gasteiger partial charge in [0.25, 0.3) is 11.0 Å². The summed E-state index contributed by atoms with van der Waals surface area (Å²) in [6.45, 7) is 2.26. The minimum absolute atomic E-state index is 0.371. The molecular weight excluding hydrogens is 344 g/mol. The van der Waals surface area contributed by atoms with Crippen LogP contribution in [0, 0.1) is 0 Å². The van der Waals surface area contributed by atoms with Gasteiger partial charge in [-0.15, -0.1) is 0 Å². The molecule has 0 aromatic heterocycles. The molecule has 0 aliphatic rings. The van der Waals surface area contributed by atoms with Gasteiger partial charge in [-0.3, -0.25) is 0 Å². The van der Waals surface area contributed by atoms with E-state index in [0.717, 1.165) is 17.2 Å². The second-order valence-corrected chi connectivity index (χ2v) is 7.72. The fourth-order valence-corrected chi connectivity index (χ4v) is 3.67. The van der Waals surface area contributed by atoms with Crippen LogP contribution in [0.4, 0.5) is 0 Å². The van der Waals surface area contributed by atoms with Gasteiger partial charge in [-0.25, -0.2) is 0 Å². The average Bonchev–Trinajstić information content (AvgIpc) is 2.63. The Morgan fingerprint density at radius 1 is 0.731 bits per heavy atom. The number of rotatable bonds is 13. The number of benzene rings is 2. The van der Waals surface area contributed by atoms with Crippen molar-refractivity contribution >= 4 is 21.8 Å². The predicted octanol–water partition coefficient (Wildman–Crippen LogP) is 6.21.